The minimum atomic E-state index is 0.0240. The van der Waals surface area contributed by atoms with Gasteiger partial charge in [0.05, 0.1) is 11.7 Å². The van der Waals surface area contributed by atoms with E-state index in [9.17, 15) is 4.79 Å². The highest BCUT2D eigenvalue weighted by atomic mass is 16.1. The van der Waals surface area contributed by atoms with Crippen molar-refractivity contribution in [2.24, 2.45) is 0 Å². The average Bonchev–Trinajstić information content (AvgIpc) is 3.07. The van der Waals surface area contributed by atoms with E-state index in [1.165, 1.54) is 18.4 Å². The number of pyridine rings is 1. The van der Waals surface area contributed by atoms with Crippen molar-refractivity contribution in [1.82, 2.24) is 24.5 Å². The van der Waals surface area contributed by atoms with Crippen molar-refractivity contribution in [3.63, 3.8) is 0 Å². The molecule has 1 unspecified atom stereocenters. The first-order chi connectivity index (χ1) is 12.7. The van der Waals surface area contributed by atoms with Crippen LogP contribution in [0.4, 0.5) is 0 Å². The van der Waals surface area contributed by atoms with E-state index >= 15 is 0 Å². The van der Waals surface area contributed by atoms with Crippen molar-refractivity contribution in [3.8, 4) is 0 Å². The van der Waals surface area contributed by atoms with Crippen LogP contribution in [-0.4, -0.2) is 31.0 Å². The van der Waals surface area contributed by atoms with Crippen molar-refractivity contribution in [1.29, 1.82) is 0 Å². The highest BCUT2D eigenvalue weighted by molar-refractivity contribution is 5.42. The molecule has 0 radical (unpaired) electrons. The van der Waals surface area contributed by atoms with E-state index in [4.69, 9.17) is 0 Å². The van der Waals surface area contributed by atoms with Gasteiger partial charge in [-0.2, -0.15) is 0 Å². The van der Waals surface area contributed by atoms with E-state index < -0.39 is 0 Å². The van der Waals surface area contributed by atoms with Gasteiger partial charge in [0.25, 0.3) is 5.56 Å². The number of hydrogen-bond donors (Lipinski definition) is 1. The number of piperidine rings is 1. The van der Waals surface area contributed by atoms with Gasteiger partial charge in [-0.05, 0) is 44.4 Å². The number of aromatic nitrogens is 4. The van der Waals surface area contributed by atoms with Crippen molar-refractivity contribution >= 4 is 5.65 Å². The Morgan fingerprint density at radius 1 is 1.35 bits per heavy atom. The van der Waals surface area contributed by atoms with Crippen LogP contribution in [0.1, 0.15) is 54.7 Å². The molecule has 6 nitrogen and oxygen atoms in total. The summed E-state index contributed by atoms with van der Waals surface area (Å²) in [6.45, 7) is 5.84. The summed E-state index contributed by atoms with van der Waals surface area (Å²) in [5, 5.41) is 3.34. The highest BCUT2D eigenvalue weighted by Crippen LogP contribution is 2.31. The molecule has 3 aromatic heterocycles. The number of nitrogens with one attached hydrogen (secondary N) is 1. The minimum absolute atomic E-state index is 0.0240. The van der Waals surface area contributed by atoms with Crippen LogP contribution in [0.2, 0.25) is 0 Å². The molecule has 1 atom stereocenters. The molecular formula is C20H25N5O. The molecule has 0 saturated carbocycles. The van der Waals surface area contributed by atoms with Gasteiger partial charge in [-0.25, -0.2) is 9.50 Å². The first kappa shape index (κ1) is 17.0. The monoisotopic (exact) mass is 351 g/mol. The number of H-pyrrole nitrogens is 1. The van der Waals surface area contributed by atoms with Crippen molar-refractivity contribution in [3.05, 3.63) is 63.5 Å². The zero-order valence-corrected chi connectivity index (χ0v) is 15.4. The molecule has 1 saturated heterocycles. The summed E-state index contributed by atoms with van der Waals surface area (Å²) in [6.07, 6.45) is 7.92. The lowest BCUT2D eigenvalue weighted by Gasteiger charge is -2.35. The number of fused-ring (bicyclic) bond motifs is 1. The minimum Gasteiger partial charge on any atom is -0.292 e. The molecule has 136 valence electrons. The van der Waals surface area contributed by atoms with Gasteiger partial charge in [0.2, 0.25) is 0 Å². The molecule has 0 aromatic carbocycles. The molecule has 1 aliphatic rings. The quantitative estimate of drug-likeness (QED) is 0.785. The fourth-order valence-corrected chi connectivity index (χ4v) is 4.02. The van der Waals surface area contributed by atoms with Crippen LogP contribution in [0.15, 0.2) is 35.4 Å². The van der Waals surface area contributed by atoms with Crippen LogP contribution in [0.3, 0.4) is 0 Å². The molecule has 0 bridgehead atoms. The summed E-state index contributed by atoms with van der Waals surface area (Å²) in [5.74, 6) is 0. The van der Waals surface area contributed by atoms with E-state index in [0.717, 1.165) is 36.5 Å². The first-order valence-corrected chi connectivity index (χ1v) is 9.41. The largest absolute Gasteiger partial charge is 0.292 e. The van der Waals surface area contributed by atoms with Gasteiger partial charge >= 0.3 is 0 Å². The van der Waals surface area contributed by atoms with Gasteiger partial charge in [-0.15, -0.1) is 0 Å². The van der Waals surface area contributed by atoms with Gasteiger partial charge < -0.3 is 0 Å². The maximum Gasteiger partial charge on any atom is 0.276 e. The van der Waals surface area contributed by atoms with E-state index in [1.54, 1.807) is 10.7 Å². The van der Waals surface area contributed by atoms with Crippen LogP contribution >= 0.6 is 0 Å². The Labute approximate surface area is 152 Å². The summed E-state index contributed by atoms with van der Waals surface area (Å²) < 4.78 is 1.61. The van der Waals surface area contributed by atoms with Gasteiger partial charge in [0.15, 0.2) is 5.65 Å². The first-order valence-electron chi connectivity index (χ1n) is 9.41. The van der Waals surface area contributed by atoms with Gasteiger partial charge in [0.1, 0.15) is 0 Å². The zero-order chi connectivity index (χ0) is 18.1. The SMILES string of the molecule is CCc1c(C)nc2cc(C3CCCCN3Cc3cccnc3)[nH]n2c1=O. The highest BCUT2D eigenvalue weighted by Gasteiger charge is 2.26. The van der Waals surface area contributed by atoms with E-state index in [2.05, 4.69) is 26.0 Å². The van der Waals surface area contributed by atoms with Crippen LogP contribution < -0.4 is 5.56 Å². The molecule has 1 N–H and O–H groups in total. The molecule has 6 heteroatoms. The number of likely N-dealkylation sites (tertiary alicyclic amines) is 1. The molecule has 0 aliphatic carbocycles. The normalized spacial score (nSPS) is 18.5. The van der Waals surface area contributed by atoms with E-state index in [-0.39, 0.29) is 11.6 Å². The fourth-order valence-electron chi connectivity index (χ4n) is 4.02. The average molecular weight is 351 g/mol. The third-order valence-electron chi connectivity index (χ3n) is 5.37. The lowest BCUT2D eigenvalue weighted by molar-refractivity contribution is 0.137. The third-order valence-corrected chi connectivity index (χ3v) is 5.37. The number of rotatable bonds is 4. The van der Waals surface area contributed by atoms with Crippen molar-refractivity contribution < 1.29 is 0 Å². The summed E-state index contributed by atoms with van der Waals surface area (Å²) >= 11 is 0. The number of hydrogen-bond acceptors (Lipinski definition) is 4. The van der Waals surface area contributed by atoms with Crippen molar-refractivity contribution in [2.75, 3.05) is 6.54 Å². The predicted octanol–water partition coefficient (Wildman–Crippen LogP) is 3.02. The summed E-state index contributed by atoms with van der Waals surface area (Å²) in [6, 6.07) is 6.42. The summed E-state index contributed by atoms with van der Waals surface area (Å²) in [7, 11) is 0. The van der Waals surface area contributed by atoms with Gasteiger partial charge in [0, 0.05) is 36.3 Å². The van der Waals surface area contributed by atoms with Crippen LogP contribution in [0.5, 0.6) is 0 Å². The standard InChI is InChI=1S/C20H25N5O/c1-3-16-14(2)22-19-11-17(23-25(19)20(16)26)18-8-4-5-10-24(18)13-15-7-6-9-21-12-15/h6-7,9,11-12,18,23H,3-5,8,10,13H2,1-2H3. The van der Waals surface area contributed by atoms with Crippen LogP contribution in [-0.2, 0) is 13.0 Å². The lowest BCUT2D eigenvalue weighted by atomic mass is 9.99. The Balaban J connectivity index is 1.70. The molecule has 1 aliphatic heterocycles. The number of nitrogens with zero attached hydrogens (tertiary/aromatic N) is 4. The molecule has 4 heterocycles. The Kier molecular flexibility index (Phi) is 4.59. The maximum atomic E-state index is 12.7. The Bertz CT molecular complexity index is 959. The topological polar surface area (TPSA) is 66.3 Å². The maximum absolute atomic E-state index is 12.7. The molecule has 0 amide bonds. The molecule has 3 aromatic rings. The van der Waals surface area contributed by atoms with Gasteiger partial charge in [-0.3, -0.25) is 19.8 Å². The van der Waals surface area contributed by atoms with Crippen LogP contribution in [0, 0.1) is 6.92 Å². The Morgan fingerprint density at radius 3 is 3.00 bits per heavy atom. The predicted molar refractivity (Wildman–Crippen MR) is 101 cm³/mol. The van der Waals surface area contributed by atoms with Crippen LogP contribution in [0.25, 0.3) is 5.65 Å². The molecule has 1 fully saturated rings. The van der Waals surface area contributed by atoms with Gasteiger partial charge in [-0.1, -0.05) is 19.4 Å². The zero-order valence-electron chi connectivity index (χ0n) is 15.4. The summed E-state index contributed by atoms with van der Waals surface area (Å²) in [4.78, 5) is 24.1. The second kappa shape index (κ2) is 7.03. The number of aromatic amines is 1. The smallest absolute Gasteiger partial charge is 0.276 e. The lowest BCUT2D eigenvalue weighted by Crippen LogP contribution is -2.33. The fraction of sp³-hybridized carbons (Fsp3) is 0.450. The number of aryl methyl sites for hydroxylation is 1. The Hall–Kier alpha value is -2.47. The molecule has 26 heavy (non-hydrogen) atoms. The summed E-state index contributed by atoms with van der Waals surface area (Å²) in [5.41, 5.74) is 4.65. The molecule has 4 rings (SSSR count). The Morgan fingerprint density at radius 2 is 2.23 bits per heavy atom. The van der Waals surface area contributed by atoms with E-state index in [0.29, 0.717) is 12.1 Å². The second-order valence-electron chi connectivity index (χ2n) is 7.08. The van der Waals surface area contributed by atoms with Crippen molar-refractivity contribution in [2.45, 2.75) is 52.1 Å². The van der Waals surface area contributed by atoms with E-state index in [1.807, 2.05) is 32.2 Å². The third kappa shape index (κ3) is 3.05. The molecule has 0 spiro atoms. The second-order valence-corrected chi connectivity index (χ2v) is 7.08. The molecular weight excluding hydrogens is 326 g/mol.